The van der Waals surface area contributed by atoms with E-state index in [-0.39, 0.29) is 11.9 Å². The molecule has 0 spiro atoms. The van der Waals surface area contributed by atoms with Crippen LogP contribution in [-0.2, 0) is 4.79 Å². The quantitative estimate of drug-likeness (QED) is 0.767. The second kappa shape index (κ2) is 8.59. The highest BCUT2D eigenvalue weighted by molar-refractivity contribution is 5.81. The maximum atomic E-state index is 12.1. The van der Waals surface area contributed by atoms with Crippen LogP contribution in [0.1, 0.15) is 32.8 Å². The van der Waals surface area contributed by atoms with Gasteiger partial charge in [-0.1, -0.05) is 32.0 Å². The van der Waals surface area contributed by atoms with Crippen molar-refractivity contribution in [3.63, 3.8) is 0 Å². The van der Waals surface area contributed by atoms with Gasteiger partial charge in [0.2, 0.25) is 0 Å². The molecule has 2 N–H and O–H groups in total. The first-order chi connectivity index (χ1) is 9.58. The minimum absolute atomic E-state index is 0.0551. The molecule has 1 amide bonds. The molecular formula is C16H26N2O2. The summed E-state index contributed by atoms with van der Waals surface area (Å²) in [4.78, 5) is 12.1. The molecule has 1 aromatic rings. The SMILES string of the molecule is CCN[C@H](C)CNC(=O)C(CC)Oc1ccccc1C. The van der Waals surface area contributed by atoms with Gasteiger partial charge in [-0.25, -0.2) is 0 Å². The van der Waals surface area contributed by atoms with Crippen LogP contribution in [0.3, 0.4) is 0 Å². The van der Waals surface area contributed by atoms with E-state index in [4.69, 9.17) is 4.74 Å². The molecule has 4 nitrogen and oxygen atoms in total. The van der Waals surface area contributed by atoms with Gasteiger partial charge in [0.15, 0.2) is 6.10 Å². The van der Waals surface area contributed by atoms with E-state index in [2.05, 4.69) is 17.6 Å². The minimum atomic E-state index is -0.440. The van der Waals surface area contributed by atoms with E-state index < -0.39 is 6.10 Å². The van der Waals surface area contributed by atoms with Crippen molar-refractivity contribution in [1.82, 2.24) is 10.6 Å². The number of hydrogen-bond acceptors (Lipinski definition) is 3. The number of likely N-dealkylation sites (N-methyl/N-ethyl adjacent to an activating group) is 1. The Balaban J connectivity index is 2.53. The minimum Gasteiger partial charge on any atom is -0.480 e. The highest BCUT2D eigenvalue weighted by Gasteiger charge is 2.19. The number of para-hydroxylation sites is 1. The molecule has 0 bridgehead atoms. The third kappa shape index (κ3) is 5.21. The molecule has 2 atom stereocenters. The largest absolute Gasteiger partial charge is 0.480 e. The lowest BCUT2D eigenvalue weighted by Crippen LogP contribution is -2.44. The van der Waals surface area contributed by atoms with E-state index in [0.717, 1.165) is 17.9 Å². The van der Waals surface area contributed by atoms with E-state index in [9.17, 15) is 4.79 Å². The van der Waals surface area contributed by atoms with Gasteiger partial charge < -0.3 is 15.4 Å². The number of carbonyl (C=O) groups excluding carboxylic acids is 1. The molecule has 0 saturated heterocycles. The van der Waals surface area contributed by atoms with E-state index in [1.807, 2.05) is 45.0 Å². The number of benzene rings is 1. The Morgan fingerprint density at radius 2 is 2.00 bits per heavy atom. The number of carbonyl (C=O) groups is 1. The summed E-state index contributed by atoms with van der Waals surface area (Å²) >= 11 is 0. The normalized spacial score (nSPS) is 13.6. The summed E-state index contributed by atoms with van der Waals surface area (Å²) in [7, 11) is 0. The fraction of sp³-hybridized carbons (Fsp3) is 0.562. The zero-order valence-corrected chi connectivity index (χ0v) is 12.9. The number of nitrogens with one attached hydrogen (secondary N) is 2. The van der Waals surface area contributed by atoms with Gasteiger partial charge in [0.25, 0.3) is 5.91 Å². The van der Waals surface area contributed by atoms with Crippen molar-refractivity contribution >= 4 is 5.91 Å². The molecule has 1 unspecified atom stereocenters. The van der Waals surface area contributed by atoms with Crippen molar-refractivity contribution < 1.29 is 9.53 Å². The Bertz CT molecular complexity index is 421. The summed E-state index contributed by atoms with van der Waals surface area (Å²) in [5, 5.41) is 6.19. The first-order valence-corrected chi connectivity index (χ1v) is 7.31. The molecule has 1 rings (SSSR count). The average Bonchev–Trinajstić information content (AvgIpc) is 2.44. The van der Waals surface area contributed by atoms with Gasteiger partial charge in [-0.15, -0.1) is 0 Å². The van der Waals surface area contributed by atoms with E-state index >= 15 is 0 Å². The van der Waals surface area contributed by atoms with Crippen LogP contribution in [0.15, 0.2) is 24.3 Å². The predicted molar refractivity (Wildman–Crippen MR) is 82.0 cm³/mol. The lowest BCUT2D eigenvalue weighted by atomic mass is 10.2. The Kier molecular flexibility index (Phi) is 7.09. The van der Waals surface area contributed by atoms with Gasteiger partial charge in [0.1, 0.15) is 5.75 Å². The molecule has 112 valence electrons. The lowest BCUT2D eigenvalue weighted by molar-refractivity contribution is -0.128. The second-order valence-corrected chi connectivity index (χ2v) is 4.98. The van der Waals surface area contributed by atoms with Crippen LogP contribution in [0, 0.1) is 6.92 Å². The first-order valence-electron chi connectivity index (χ1n) is 7.31. The maximum absolute atomic E-state index is 12.1. The Morgan fingerprint density at radius 1 is 1.30 bits per heavy atom. The molecule has 4 heteroatoms. The Morgan fingerprint density at radius 3 is 2.60 bits per heavy atom. The first kappa shape index (κ1) is 16.5. The number of ether oxygens (including phenoxy) is 1. The topological polar surface area (TPSA) is 50.4 Å². The summed E-state index contributed by atoms with van der Waals surface area (Å²) in [6.07, 6.45) is 0.209. The zero-order chi connectivity index (χ0) is 15.0. The summed E-state index contributed by atoms with van der Waals surface area (Å²) in [6.45, 7) is 9.54. The molecule has 0 saturated carbocycles. The smallest absolute Gasteiger partial charge is 0.261 e. The molecule has 20 heavy (non-hydrogen) atoms. The number of aryl methyl sites for hydroxylation is 1. The van der Waals surface area contributed by atoms with Crippen molar-refractivity contribution in [3.05, 3.63) is 29.8 Å². The van der Waals surface area contributed by atoms with E-state index in [1.165, 1.54) is 0 Å². The van der Waals surface area contributed by atoms with Crippen LogP contribution in [-0.4, -0.2) is 31.1 Å². The predicted octanol–water partition coefficient (Wildman–Crippen LogP) is 2.27. The van der Waals surface area contributed by atoms with Crippen LogP contribution in [0.5, 0.6) is 5.75 Å². The van der Waals surface area contributed by atoms with Crippen LogP contribution in [0.2, 0.25) is 0 Å². The average molecular weight is 278 g/mol. The van der Waals surface area contributed by atoms with E-state index in [1.54, 1.807) is 0 Å². The number of rotatable bonds is 8. The summed E-state index contributed by atoms with van der Waals surface area (Å²) in [5.74, 6) is 0.717. The third-order valence-electron chi connectivity index (χ3n) is 3.16. The standard InChI is InChI=1S/C16H26N2O2/c1-5-14(16(19)18-11-13(4)17-6-2)20-15-10-8-7-9-12(15)3/h7-10,13-14,17H,5-6,11H2,1-4H3,(H,18,19)/t13-,14?/m1/s1. The highest BCUT2D eigenvalue weighted by Crippen LogP contribution is 2.18. The molecule has 0 heterocycles. The monoisotopic (exact) mass is 278 g/mol. The van der Waals surface area contributed by atoms with Crippen molar-refractivity contribution in [3.8, 4) is 5.75 Å². The molecule has 0 aromatic heterocycles. The Hall–Kier alpha value is -1.55. The fourth-order valence-electron chi connectivity index (χ4n) is 1.95. The third-order valence-corrected chi connectivity index (χ3v) is 3.16. The van der Waals surface area contributed by atoms with Gasteiger partial charge in [-0.3, -0.25) is 4.79 Å². The molecule has 0 fully saturated rings. The molecule has 0 radical (unpaired) electrons. The van der Waals surface area contributed by atoms with Crippen LogP contribution in [0.25, 0.3) is 0 Å². The number of amides is 1. The fourth-order valence-corrected chi connectivity index (χ4v) is 1.95. The molecule has 0 aliphatic carbocycles. The molecule has 0 aliphatic rings. The van der Waals surface area contributed by atoms with Crippen LogP contribution in [0.4, 0.5) is 0 Å². The summed E-state index contributed by atoms with van der Waals surface area (Å²) < 4.78 is 5.82. The molecular weight excluding hydrogens is 252 g/mol. The number of hydrogen-bond donors (Lipinski definition) is 2. The van der Waals surface area contributed by atoms with Crippen molar-refractivity contribution in [2.45, 2.75) is 46.3 Å². The second-order valence-electron chi connectivity index (χ2n) is 4.98. The molecule has 0 aliphatic heterocycles. The van der Waals surface area contributed by atoms with Gasteiger partial charge in [-0.05, 0) is 38.4 Å². The highest BCUT2D eigenvalue weighted by atomic mass is 16.5. The van der Waals surface area contributed by atoms with Crippen molar-refractivity contribution in [1.29, 1.82) is 0 Å². The van der Waals surface area contributed by atoms with E-state index in [0.29, 0.717) is 13.0 Å². The van der Waals surface area contributed by atoms with Gasteiger partial charge in [0.05, 0.1) is 0 Å². The van der Waals surface area contributed by atoms with Gasteiger partial charge >= 0.3 is 0 Å². The van der Waals surface area contributed by atoms with Gasteiger partial charge in [-0.2, -0.15) is 0 Å². The maximum Gasteiger partial charge on any atom is 0.261 e. The van der Waals surface area contributed by atoms with Crippen LogP contribution >= 0.6 is 0 Å². The molecule has 1 aromatic carbocycles. The summed E-state index contributed by atoms with van der Waals surface area (Å²) in [6, 6.07) is 8.02. The van der Waals surface area contributed by atoms with Gasteiger partial charge in [0, 0.05) is 12.6 Å². The van der Waals surface area contributed by atoms with Crippen molar-refractivity contribution in [2.24, 2.45) is 0 Å². The summed E-state index contributed by atoms with van der Waals surface area (Å²) in [5.41, 5.74) is 1.04. The zero-order valence-electron chi connectivity index (χ0n) is 12.9. The van der Waals surface area contributed by atoms with Crippen molar-refractivity contribution in [2.75, 3.05) is 13.1 Å². The Labute approximate surface area is 121 Å². The van der Waals surface area contributed by atoms with Crippen LogP contribution < -0.4 is 15.4 Å². The lowest BCUT2D eigenvalue weighted by Gasteiger charge is -2.20.